The van der Waals surface area contributed by atoms with E-state index in [-0.39, 0.29) is 0 Å². The summed E-state index contributed by atoms with van der Waals surface area (Å²) in [5.41, 5.74) is 8.53. The minimum atomic E-state index is 0.353. The van der Waals surface area contributed by atoms with E-state index in [0.717, 1.165) is 12.1 Å². The first kappa shape index (κ1) is 9.91. The highest BCUT2D eigenvalue weighted by Gasteiger charge is 2.57. The Labute approximate surface area is 95.4 Å². The third-order valence-corrected chi connectivity index (χ3v) is 4.14. The van der Waals surface area contributed by atoms with Crippen LogP contribution in [0.4, 0.5) is 0 Å². The topological polar surface area (TPSA) is 39.2 Å². The standard InChI is InChI=1S/C14H17NO/c1-14(2)11(8-15)13(14)10-3-4-12-9(7-10)5-6-16-12/h3-7,11,13H,8,15H2,1-2H3. The van der Waals surface area contributed by atoms with Gasteiger partial charge < -0.3 is 10.2 Å². The smallest absolute Gasteiger partial charge is 0.133 e. The molecule has 1 saturated carbocycles. The fraction of sp³-hybridized carbons (Fsp3) is 0.429. The zero-order valence-electron chi connectivity index (χ0n) is 9.73. The van der Waals surface area contributed by atoms with Crippen LogP contribution in [0.1, 0.15) is 25.3 Å². The molecule has 1 aromatic heterocycles. The lowest BCUT2D eigenvalue weighted by Crippen LogP contribution is -2.05. The van der Waals surface area contributed by atoms with Gasteiger partial charge in [0, 0.05) is 5.39 Å². The first-order valence-corrected chi connectivity index (χ1v) is 5.82. The summed E-state index contributed by atoms with van der Waals surface area (Å²) in [5, 5.41) is 1.19. The summed E-state index contributed by atoms with van der Waals surface area (Å²) in [4.78, 5) is 0. The van der Waals surface area contributed by atoms with Gasteiger partial charge in [-0.05, 0) is 47.6 Å². The largest absolute Gasteiger partial charge is 0.464 e. The Bertz CT molecular complexity index is 526. The van der Waals surface area contributed by atoms with E-state index in [1.54, 1.807) is 6.26 Å². The monoisotopic (exact) mass is 215 g/mol. The summed E-state index contributed by atoms with van der Waals surface area (Å²) in [7, 11) is 0. The summed E-state index contributed by atoms with van der Waals surface area (Å²) in [6.45, 7) is 5.38. The fourth-order valence-corrected chi connectivity index (χ4v) is 3.02. The average molecular weight is 215 g/mol. The molecule has 2 unspecified atom stereocenters. The second-order valence-corrected chi connectivity index (χ2v) is 5.36. The van der Waals surface area contributed by atoms with Crippen LogP contribution < -0.4 is 5.73 Å². The molecule has 0 spiro atoms. The summed E-state index contributed by atoms with van der Waals surface area (Å²) >= 11 is 0. The minimum Gasteiger partial charge on any atom is -0.464 e. The van der Waals surface area contributed by atoms with Gasteiger partial charge in [-0.25, -0.2) is 0 Å². The molecule has 1 aliphatic rings. The van der Waals surface area contributed by atoms with Crippen LogP contribution in [0.3, 0.4) is 0 Å². The van der Waals surface area contributed by atoms with E-state index in [9.17, 15) is 0 Å². The molecular formula is C14H17NO. The molecule has 2 heteroatoms. The van der Waals surface area contributed by atoms with Crippen LogP contribution in [0.15, 0.2) is 34.9 Å². The van der Waals surface area contributed by atoms with Crippen LogP contribution in [0.25, 0.3) is 11.0 Å². The van der Waals surface area contributed by atoms with Gasteiger partial charge in [0.2, 0.25) is 0 Å². The number of rotatable bonds is 2. The van der Waals surface area contributed by atoms with Crippen molar-refractivity contribution in [1.29, 1.82) is 0 Å². The Morgan fingerprint density at radius 1 is 1.31 bits per heavy atom. The third kappa shape index (κ3) is 1.23. The Morgan fingerprint density at radius 2 is 2.12 bits per heavy atom. The number of furan rings is 1. The van der Waals surface area contributed by atoms with E-state index in [1.165, 1.54) is 10.9 Å². The van der Waals surface area contributed by atoms with Crippen molar-refractivity contribution in [2.75, 3.05) is 6.54 Å². The van der Waals surface area contributed by atoms with Crippen LogP contribution in [0.2, 0.25) is 0 Å². The van der Waals surface area contributed by atoms with Crippen molar-refractivity contribution in [3.8, 4) is 0 Å². The van der Waals surface area contributed by atoms with E-state index in [1.807, 2.05) is 6.07 Å². The second kappa shape index (κ2) is 3.11. The quantitative estimate of drug-likeness (QED) is 0.836. The number of hydrogen-bond acceptors (Lipinski definition) is 2. The first-order valence-electron chi connectivity index (χ1n) is 5.82. The van der Waals surface area contributed by atoms with Crippen molar-refractivity contribution in [2.24, 2.45) is 17.1 Å². The Hall–Kier alpha value is -1.28. The van der Waals surface area contributed by atoms with E-state index in [2.05, 4.69) is 32.0 Å². The molecule has 0 aliphatic heterocycles. The predicted octanol–water partition coefficient (Wildman–Crippen LogP) is 3.13. The van der Waals surface area contributed by atoms with Gasteiger partial charge in [0.05, 0.1) is 6.26 Å². The molecule has 1 aromatic carbocycles. The van der Waals surface area contributed by atoms with Crippen LogP contribution in [-0.4, -0.2) is 6.54 Å². The van der Waals surface area contributed by atoms with Gasteiger partial charge in [0.25, 0.3) is 0 Å². The van der Waals surface area contributed by atoms with E-state index >= 15 is 0 Å². The predicted molar refractivity (Wildman–Crippen MR) is 65.3 cm³/mol. The molecule has 0 radical (unpaired) electrons. The van der Waals surface area contributed by atoms with Crippen molar-refractivity contribution < 1.29 is 4.42 Å². The molecule has 1 heterocycles. The lowest BCUT2D eigenvalue weighted by Gasteiger charge is -2.02. The lowest BCUT2D eigenvalue weighted by atomic mass is 10.0. The van der Waals surface area contributed by atoms with Crippen molar-refractivity contribution in [3.63, 3.8) is 0 Å². The average Bonchev–Trinajstić information content (AvgIpc) is 2.62. The summed E-state index contributed by atoms with van der Waals surface area (Å²) in [6.07, 6.45) is 1.74. The van der Waals surface area contributed by atoms with Crippen LogP contribution in [-0.2, 0) is 0 Å². The summed E-state index contributed by atoms with van der Waals surface area (Å²) in [5.74, 6) is 1.23. The van der Waals surface area contributed by atoms with Crippen LogP contribution >= 0.6 is 0 Å². The summed E-state index contributed by atoms with van der Waals surface area (Å²) in [6, 6.07) is 8.49. The molecule has 2 atom stereocenters. The fourth-order valence-electron chi connectivity index (χ4n) is 3.02. The lowest BCUT2D eigenvalue weighted by molar-refractivity contribution is 0.558. The molecule has 2 nitrogen and oxygen atoms in total. The summed E-state index contributed by atoms with van der Waals surface area (Å²) < 4.78 is 5.35. The van der Waals surface area contributed by atoms with Crippen molar-refractivity contribution >= 4 is 11.0 Å². The van der Waals surface area contributed by atoms with Crippen LogP contribution in [0, 0.1) is 11.3 Å². The number of nitrogens with two attached hydrogens (primary N) is 1. The molecule has 16 heavy (non-hydrogen) atoms. The molecular weight excluding hydrogens is 198 g/mol. The maximum Gasteiger partial charge on any atom is 0.133 e. The highest BCUT2D eigenvalue weighted by atomic mass is 16.3. The van der Waals surface area contributed by atoms with Crippen molar-refractivity contribution in [2.45, 2.75) is 19.8 Å². The Balaban J connectivity index is 2.01. The van der Waals surface area contributed by atoms with Gasteiger partial charge in [0.1, 0.15) is 5.58 Å². The molecule has 1 fully saturated rings. The molecule has 84 valence electrons. The molecule has 0 saturated heterocycles. The number of fused-ring (bicyclic) bond motifs is 1. The van der Waals surface area contributed by atoms with Gasteiger partial charge in [-0.15, -0.1) is 0 Å². The van der Waals surface area contributed by atoms with Gasteiger partial charge in [-0.1, -0.05) is 19.9 Å². The van der Waals surface area contributed by atoms with Crippen molar-refractivity contribution in [3.05, 3.63) is 36.1 Å². The van der Waals surface area contributed by atoms with Crippen molar-refractivity contribution in [1.82, 2.24) is 0 Å². The zero-order chi connectivity index (χ0) is 11.3. The molecule has 0 amide bonds. The zero-order valence-corrected chi connectivity index (χ0v) is 9.73. The number of hydrogen-bond donors (Lipinski definition) is 1. The minimum absolute atomic E-state index is 0.353. The molecule has 2 N–H and O–H groups in total. The van der Waals surface area contributed by atoms with Gasteiger partial charge in [0.15, 0.2) is 0 Å². The SMILES string of the molecule is CC1(C)C(CN)C1c1ccc2occc2c1. The van der Waals surface area contributed by atoms with E-state index in [4.69, 9.17) is 10.2 Å². The van der Waals surface area contributed by atoms with Gasteiger partial charge in [-0.2, -0.15) is 0 Å². The first-order chi connectivity index (χ1) is 7.64. The van der Waals surface area contributed by atoms with Gasteiger partial charge in [-0.3, -0.25) is 0 Å². The van der Waals surface area contributed by atoms with E-state index in [0.29, 0.717) is 17.3 Å². The molecule has 2 aromatic rings. The van der Waals surface area contributed by atoms with E-state index < -0.39 is 0 Å². The Morgan fingerprint density at radius 3 is 2.81 bits per heavy atom. The normalized spacial score (nSPS) is 27.2. The molecule has 1 aliphatic carbocycles. The third-order valence-electron chi connectivity index (χ3n) is 4.14. The maximum absolute atomic E-state index is 5.81. The molecule has 3 rings (SSSR count). The second-order valence-electron chi connectivity index (χ2n) is 5.36. The molecule has 0 bridgehead atoms. The Kier molecular flexibility index (Phi) is 1.93. The highest BCUT2D eigenvalue weighted by Crippen LogP contribution is 2.63. The van der Waals surface area contributed by atoms with Crippen LogP contribution in [0.5, 0.6) is 0 Å². The maximum atomic E-state index is 5.81. The van der Waals surface area contributed by atoms with Gasteiger partial charge >= 0.3 is 0 Å². The highest BCUT2D eigenvalue weighted by molar-refractivity contribution is 5.78. The number of benzene rings is 1.